The number of carbonyl (C=O) groups excluding carboxylic acids is 1. The molecule has 0 amide bonds. The Balaban J connectivity index is 3.16. The second-order valence-electron chi connectivity index (χ2n) is 3.77. The molecule has 1 rings (SSSR count). The standard InChI is InChI=1S/C11H9F6NO/c12-10(13,14)9(11(15,16)17)7-3-1-6(2-4-7)8(19)5-18/h1-4,9H,5,18H2. The molecule has 0 aliphatic rings. The summed E-state index contributed by atoms with van der Waals surface area (Å²) in [7, 11) is 0. The number of hydrogen-bond donors (Lipinski definition) is 1. The molecule has 2 N–H and O–H groups in total. The topological polar surface area (TPSA) is 43.1 Å². The van der Waals surface area contributed by atoms with Gasteiger partial charge in [-0.25, -0.2) is 0 Å². The molecule has 0 atom stereocenters. The summed E-state index contributed by atoms with van der Waals surface area (Å²) < 4.78 is 74.5. The van der Waals surface area contributed by atoms with E-state index in [1.807, 2.05) is 0 Å². The Labute approximate surface area is 104 Å². The van der Waals surface area contributed by atoms with Gasteiger partial charge in [-0.05, 0) is 5.56 Å². The van der Waals surface area contributed by atoms with Gasteiger partial charge in [0.05, 0.1) is 6.54 Å². The van der Waals surface area contributed by atoms with E-state index in [2.05, 4.69) is 0 Å². The van der Waals surface area contributed by atoms with E-state index in [0.717, 1.165) is 12.1 Å². The highest BCUT2D eigenvalue weighted by molar-refractivity contribution is 5.97. The zero-order valence-electron chi connectivity index (χ0n) is 9.35. The van der Waals surface area contributed by atoms with Crippen LogP contribution in [0, 0.1) is 0 Å². The number of carbonyl (C=O) groups is 1. The molecule has 8 heteroatoms. The fourth-order valence-electron chi connectivity index (χ4n) is 1.54. The molecule has 0 aliphatic carbocycles. The molecule has 0 aromatic heterocycles. The van der Waals surface area contributed by atoms with E-state index < -0.39 is 29.6 Å². The third-order valence-corrected chi connectivity index (χ3v) is 2.41. The SMILES string of the molecule is NCC(=O)c1ccc(C(C(F)(F)F)C(F)(F)F)cc1. The summed E-state index contributed by atoms with van der Waals surface area (Å²) in [5, 5.41) is 0. The van der Waals surface area contributed by atoms with Gasteiger partial charge in [-0.15, -0.1) is 0 Å². The Bertz CT molecular complexity index is 434. The van der Waals surface area contributed by atoms with Crippen LogP contribution in [0.2, 0.25) is 0 Å². The van der Waals surface area contributed by atoms with E-state index in [4.69, 9.17) is 5.73 Å². The van der Waals surface area contributed by atoms with Gasteiger partial charge >= 0.3 is 12.4 Å². The van der Waals surface area contributed by atoms with Gasteiger partial charge in [0, 0.05) is 5.56 Å². The maximum absolute atomic E-state index is 12.4. The smallest absolute Gasteiger partial charge is 0.324 e. The van der Waals surface area contributed by atoms with Crippen LogP contribution in [0.5, 0.6) is 0 Å². The normalized spacial score (nSPS) is 12.8. The van der Waals surface area contributed by atoms with E-state index >= 15 is 0 Å². The molecule has 0 unspecified atom stereocenters. The first-order valence-corrected chi connectivity index (χ1v) is 5.04. The Morgan fingerprint density at radius 2 is 1.42 bits per heavy atom. The second-order valence-corrected chi connectivity index (χ2v) is 3.77. The van der Waals surface area contributed by atoms with Gasteiger partial charge in [0.1, 0.15) is 0 Å². The van der Waals surface area contributed by atoms with Gasteiger partial charge in [-0.1, -0.05) is 24.3 Å². The molecule has 106 valence electrons. The molecule has 0 spiro atoms. The first kappa shape index (κ1) is 15.5. The molecule has 0 saturated carbocycles. The molecule has 0 heterocycles. The molecule has 2 nitrogen and oxygen atoms in total. The van der Waals surface area contributed by atoms with Crippen LogP contribution in [0.4, 0.5) is 26.3 Å². The van der Waals surface area contributed by atoms with Crippen molar-refractivity contribution in [2.75, 3.05) is 6.54 Å². The summed E-state index contributed by atoms with van der Waals surface area (Å²) in [4.78, 5) is 11.1. The lowest BCUT2D eigenvalue weighted by Crippen LogP contribution is -2.34. The minimum absolute atomic E-state index is 0.0330. The predicted molar refractivity (Wildman–Crippen MR) is 54.7 cm³/mol. The average molecular weight is 285 g/mol. The summed E-state index contributed by atoms with van der Waals surface area (Å²) in [6.07, 6.45) is -10.9. The number of nitrogens with two attached hydrogens (primary N) is 1. The molecular weight excluding hydrogens is 276 g/mol. The number of alkyl halides is 6. The Hall–Kier alpha value is -1.57. The quantitative estimate of drug-likeness (QED) is 0.685. The van der Waals surface area contributed by atoms with Crippen LogP contribution in [-0.4, -0.2) is 24.7 Å². The largest absolute Gasteiger partial charge is 0.404 e. The number of halogens is 6. The van der Waals surface area contributed by atoms with Gasteiger partial charge in [0.2, 0.25) is 0 Å². The van der Waals surface area contributed by atoms with Crippen molar-refractivity contribution < 1.29 is 31.1 Å². The minimum atomic E-state index is -5.45. The van der Waals surface area contributed by atoms with Crippen molar-refractivity contribution in [1.82, 2.24) is 0 Å². The summed E-state index contributed by atoms with van der Waals surface area (Å²) in [6, 6.07) is 3.06. The lowest BCUT2D eigenvalue weighted by atomic mass is 9.96. The van der Waals surface area contributed by atoms with E-state index in [9.17, 15) is 31.1 Å². The lowest BCUT2D eigenvalue weighted by molar-refractivity contribution is -0.253. The zero-order valence-corrected chi connectivity index (χ0v) is 9.35. The molecule has 0 radical (unpaired) electrons. The number of Topliss-reactive ketones (excluding diaryl/α,β-unsaturated/α-hetero) is 1. The maximum atomic E-state index is 12.4. The Morgan fingerprint density at radius 1 is 1.00 bits per heavy atom. The van der Waals surface area contributed by atoms with Crippen LogP contribution < -0.4 is 5.73 Å². The van der Waals surface area contributed by atoms with Crippen molar-refractivity contribution >= 4 is 5.78 Å². The monoisotopic (exact) mass is 285 g/mol. The van der Waals surface area contributed by atoms with E-state index in [1.165, 1.54) is 0 Å². The van der Waals surface area contributed by atoms with Crippen LogP contribution in [-0.2, 0) is 0 Å². The molecule has 1 aromatic rings. The molecule has 0 bridgehead atoms. The highest BCUT2D eigenvalue weighted by Crippen LogP contribution is 2.46. The van der Waals surface area contributed by atoms with Crippen molar-refractivity contribution in [3.8, 4) is 0 Å². The number of ketones is 1. The number of rotatable bonds is 3. The first-order chi connectivity index (χ1) is 8.57. The molecule has 0 saturated heterocycles. The van der Waals surface area contributed by atoms with Gasteiger partial charge in [-0.2, -0.15) is 26.3 Å². The fourth-order valence-corrected chi connectivity index (χ4v) is 1.54. The summed E-state index contributed by atoms with van der Waals surface area (Å²) in [6.45, 7) is -0.374. The van der Waals surface area contributed by atoms with Crippen LogP contribution in [0.3, 0.4) is 0 Å². The second kappa shape index (κ2) is 5.20. The fraction of sp³-hybridized carbons (Fsp3) is 0.364. The highest BCUT2D eigenvalue weighted by atomic mass is 19.4. The summed E-state index contributed by atoms with van der Waals surface area (Å²) in [5.41, 5.74) is 4.03. The van der Waals surface area contributed by atoms with Crippen LogP contribution in [0.1, 0.15) is 21.8 Å². The third-order valence-electron chi connectivity index (χ3n) is 2.41. The number of hydrogen-bond acceptors (Lipinski definition) is 2. The van der Waals surface area contributed by atoms with Crippen molar-refractivity contribution in [2.24, 2.45) is 5.73 Å². The maximum Gasteiger partial charge on any atom is 0.404 e. The highest BCUT2D eigenvalue weighted by Gasteiger charge is 2.57. The molecular formula is C11H9F6NO. The van der Waals surface area contributed by atoms with Crippen molar-refractivity contribution in [2.45, 2.75) is 18.3 Å². The van der Waals surface area contributed by atoms with Gasteiger partial charge < -0.3 is 5.73 Å². The minimum Gasteiger partial charge on any atom is -0.324 e. The van der Waals surface area contributed by atoms with E-state index in [1.54, 1.807) is 0 Å². The van der Waals surface area contributed by atoms with Crippen molar-refractivity contribution in [3.63, 3.8) is 0 Å². The third kappa shape index (κ3) is 3.69. The van der Waals surface area contributed by atoms with Crippen molar-refractivity contribution in [1.29, 1.82) is 0 Å². The lowest BCUT2D eigenvalue weighted by Gasteiger charge is -2.23. The molecule has 19 heavy (non-hydrogen) atoms. The Kier molecular flexibility index (Phi) is 4.24. The number of benzene rings is 1. The van der Waals surface area contributed by atoms with Crippen LogP contribution in [0.25, 0.3) is 0 Å². The van der Waals surface area contributed by atoms with Crippen LogP contribution >= 0.6 is 0 Å². The summed E-state index contributed by atoms with van der Waals surface area (Å²) in [5.74, 6) is -4.14. The van der Waals surface area contributed by atoms with Gasteiger partial charge in [0.15, 0.2) is 11.7 Å². The van der Waals surface area contributed by atoms with Crippen molar-refractivity contribution in [3.05, 3.63) is 35.4 Å². The summed E-state index contributed by atoms with van der Waals surface area (Å²) >= 11 is 0. The molecule has 0 aliphatic heterocycles. The first-order valence-electron chi connectivity index (χ1n) is 5.04. The molecule has 1 aromatic carbocycles. The average Bonchev–Trinajstić information content (AvgIpc) is 2.25. The van der Waals surface area contributed by atoms with E-state index in [-0.39, 0.29) is 12.1 Å². The van der Waals surface area contributed by atoms with Gasteiger partial charge in [0.25, 0.3) is 0 Å². The predicted octanol–water partition coefficient (Wildman–Crippen LogP) is 3.04. The van der Waals surface area contributed by atoms with Gasteiger partial charge in [-0.3, -0.25) is 4.79 Å². The van der Waals surface area contributed by atoms with E-state index in [0.29, 0.717) is 12.1 Å². The zero-order chi connectivity index (χ0) is 14.8. The molecule has 0 fully saturated rings. The Morgan fingerprint density at radius 3 is 1.74 bits per heavy atom. The van der Waals surface area contributed by atoms with Crippen LogP contribution in [0.15, 0.2) is 24.3 Å².